The van der Waals surface area contributed by atoms with Crippen LogP contribution < -0.4 is 11.1 Å². The number of pyridine rings is 1. The van der Waals surface area contributed by atoms with Crippen molar-refractivity contribution in [2.24, 2.45) is 0 Å². The minimum atomic E-state index is -0.457. The summed E-state index contributed by atoms with van der Waals surface area (Å²) in [7, 11) is 1.36. The molecule has 6 rings (SSSR count). The number of rotatable bonds is 4. The molecule has 0 aliphatic heterocycles. The van der Waals surface area contributed by atoms with Crippen molar-refractivity contribution in [2.75, 3.05) is 18.2 Å². The summed E-state index contributed by atoms with van der Waals surface area (Å²) in [4.78, 5) is 33.1. The second-order valence-electron chi connectivity index (χ2n) is 8.98. The molecule has 3 aromatic heterocycles. The predicted octanol–water partition coefficient (Wildman–Crippen LogP) is 6.72. The summed E-state index contributed by atoms with van der Waals surface area (Å²) in [5.41, 5.74) is 13.4. The number of nitrogens with two attached hydrogens (primary N) is 1. The largest absolute Gasteiger partial charge is 0.465 e. The van der Waals surface area contributed by atoms with Gasteiger partial charge in [-0.2, -0.15) is 0 Å². The van der Waals surface area contributed by atoms with Gasteiger partial charge in [0.2, 0.25) is 0 Å². The molecule has 0 saturated heterocycles. The molecule has 1 amide bonds. The topological polar surface area (TPSA) is 94.3 Å². The normalized spacial score (nSPS) is 12.2. The molecule has 2 aromatic carbocycles. The number of methoxy groups -OCH3 is 1. The highest BCUT2D eigenvalue weighted by atomic mass is 32.1. The maximum Gasteiger partial charge on any atom is 0.341 e. The molecule has 0 radical (unpaired) electrons. The molecule has 1 aliphatic rings. The van der Waals surface area contributed by atoms with E-state index in [0.717, 1.165) is 39.1 Å². The lowest BCUT2D eigenvalue weighted by Gasteiger charge is -2.16. The summed E-state index contributed by atoms with van der Waals surface area (Å²) >= 11 is 2.65. The standard InChI is InChI=1S/C29H23N3O3S2/c1-15-7-9-17(10-8-15)21-14-13-20-23(30)25(37-27(20)31-21)26(33)32-28-22(29(34)35-2)19-12-11-16-5-3-4-6-18(16)24(19)36-28/h3-10,13-14H,11-12,30H2,1-2H3,(H,32,33). The first-order valence-corrected chi connectivity index (χ1v) is 13.5. The lowest BCUT2D eigenvalue weighted by atomic mass is 9.89. The molecular formula is C29H23N3O3S2. The number of hydrogen-bond donors (Lipinski definition) is 2. The van der Waals surface area contributed by atoms with E-state index in [1.807, 2.05) is 55.5 Å². The molecule has 0 fully saturated rings. The number of amides is 1. The summed E-state index contributed by atoms with van der Waals surface area (Å²) in [6.07, 6.45) is 1.54. The number of hydrogen-bond acceptors (Lipinski definition) is 7. The van der Waals surface area contributed by atoms with Crippen LogP contribution in [0.1, 0.15) is 36.7 Å². The quantitative estimate of drug-likeness (QED) is 0.254. The number of aryl methyl sites for hydroxylation is 2. The zero-order valence-corrected chi connectivity index (χ0v) is 21.9. The number of nitrogens with one attached hydrogen (secondary N) is 1. The summed E-state index contributed by atoms with van der Waals surface area (Å²) in [6.45, 7) is 2.04. The van der Waals surface area contributed by atoms with Crippen molar-refractivity contribution in [3.63, 3.8) is 0 Å². The zero-order chi connectivity index (χ0) is 25.7. The first-order chi connectivity index (χ1) is 17.9. The Morgan fingerprint density at radius 2 is 1.78 bits per heavy atom. The van der Waals surface area contributed by atoms with Crippen molar-refractivity contribution >= 4 is 55.5 Å². The van der Waals surface area contributed by atoms with Crippen LogP contribution in [0, 0.1) is 6.92 Å². The third-order valence-corrected chi connectivity index (χ3v) is 8.97. The molecular weight excluding hydrogens is 502 g/mol. The van der Waals surface area contributed by atoms with Gasteiger partial charge in [-0.3, -0.25) is 4.79 Å². The van der Waals surface area contributed by atoms with E-state index in [4.69, 9.17) is 15.5 Å². The van der Waals surface area contributed by atoms with Gasteiger partial charge in [0.25, 0.3) is 5.91 Å². The molecule has 1 aliphatic carbocycles. The van der Waals surface area contributed by atoms with Gasteiger partial charge in [0, 0.05) is 15.8 Å². The van der Waals surface area contributed by atoms with Crippen molar-refractivity contribution in [3.8, 4) is 21.7 Å². The number of carbonyl (C=O) groups excluding carboxylic acids is 2. The van der Waals surface area contributed by atoms with Gasteiger partial charge in [-0.15, -0.1) is 22.7 Å². The van der Waals surface area contributed by atoms with E-state index in [-0.39, 0.29) is 5.91 Å². The van der Waals surface area contributed by atoms with Crippen LogP contribution in [-0.4, -0.2) is 24.0 Å². The van der Waals surface area contributed by atoms with Crippen LogP contribution in [0.3, 0.4) is 0 Å². The van der Waals surface area contributed by atoms with E-state index in [0.29, 0.717) is 32.4 Å². The number of fused-ring (bicyclic) bond motifs is 4. The smallest absolute Gasteiger partial charge is 0.341 e. The number of nitrogens with zero attached hydrogens (tertiary/aromatic N) is 1. The van der Waals surface area contributed by atoms with Crippen LogP contribution in [-0.2, 0) is 17.6 Å². The molecule has 0 saturated carbocycles. The van der Waals surface area contributed by atoms with Crippen LogP contribution >= 0.6 is 22.7 Å². The van der Waals surface area contributed by atoms with Crippen LogP contribution in [0.5, 0.6) is 0 Å². The number of thiophene rings is 2. The second kappa shape index (κ2) is 9.14. The average molecular weight is 526 g/mol. The number of ether oxygens (including phenoxy) is 1. The van der Waals surface area contributed by atoms with Crippen molar-refractivity contribution in [2.45, 2.75) is 19.8 Å². The van der Waals surface area contributed by atoms with E-state index in [1.54, 1.807) is 0 Å². The Balaban J connectivity index is 1.38. The summed E-state index contributed by atoms with van der Waals surface area (Å²) in [5.74, 6) is -0.824. The highest BCUT2D eigenvalue weighted by Crippen LogP contribution is 2.46. The molecule has 6 nitrogen and oxygen atoms in total. The zero-order valence-electron chi connectivity index (χ0n) is 20.3. The number of nitrogen functional groups attached to an aromatic ring is 1. The van der Waals surface area contributed by atoms with E-state index >= 15 is 0 Å². The Hall–Kier alpha value is -4.01. The maximum atomic E-state index is 13.5. The highest BCUT2D eigenvalue weighted by Gasteiger charge is 2.30. The Morgan fingerprint density at radius 3 is 2.57 bits per heavy atom. The lowest BCUT2D eigenvalue weighted by Crippen LogP contribution is -2.15. The van der Waals surface area contributed by atoms with Gasteiger partial charge in [-0.25, -0.2) is 9.78 Å². The van der Waals surface area contributed by atoms with Crippen molar-refractivity contribution < 1.29 is 14.3 Å². The van der Waals surface area contributed by atoms with Crippen LogP contribution in [0.4, 0.5) is 10.7 Å². The molecule has 0 atom stereocenters. The Kier molecular flexibility index (Phi) is 5.78. The van der Waals surface area contributed by atoms with Gasteiger partial charge in [0.15, 0.2) is 0 Å². The average Bonchev–Trinajstić information content (AvgIpc) is 3.45. The molecule has 0 bridgehead atoms. The van der Waals surface area contributed by atoms with Crippen LogP contribution in [0.15, 0.2) is 60.7 Å². The molecule has 0 spiro atoms. The molecule has 5 aromatic rings. The van der Waals surface area contributed by atoms with Crippen molar-refractivity contribution in [3.05, 3.63) is 87.8 Å². The Labute approximate surface area is 221 Å². The van der Waals surface area contributed by atoms with Crippen molar-refractivity contribution in [1.82, 2.24) is 4.98 Å². The third kappa shape index (κ3) is 3.98. The summed E-state index contributed by atoms with van der Waals surface area (Å²) < 4.78 is 5.10. The van der Waals surface area contributed by atoms with Crippen LogP contribution in [0.25, 0.3) is 31.9 Å². The fourth-order valence-electron chi connectivity index (χ4n) is 4.76. The molecule has 0 unspecified atom stereocenters. The second-order valence-corrected chi connectivity index (χ2v) is 11.0. The van der Waals surface area contributed by atoms with E-state index in [2.05, 4.69) is 17.4 Å². The van der Waals surface area contributed by atoms with E-state index in [9.17, 15) is 9.59 Å². The monoisotopic (exact) mass is 525 g/mol. The fourth-order valence-corrected chi connectivity index (χ4v) is 7.04. The van der Waals surface area contributed by atoms with E-state index in [1.165, 1.54) is 40.9 Å². The fraction of sp³-hybridized carbons (Fsp3) is 0.138. The van der Waals surface area contributed by atoms with Gasteiger partial charge >= 0.3 is 5.97 Å². The predicted molar refractivity (Wildman–Crippen MR) is 151 cm³/mol. The van der Waals surface area contributed by atoms with Gasteiger partial charge in [0.1, 0.15) is 14.7 Å². The number of esters is 1. The lowest BCUT2D eigenvalue weighted by molar-refractivity contribution is 0.0601. The Morgan fingerprint density at radius 1 is 1.00 bits per heavy atom. The van der Waals surface area contributed by atoms with Gasteiger partial charge in [-0.05, 0) is 48.6 Å². The first kappa shape index (κ1) is 23.4. The summed E-state index contributed by atoms with van der Waals surface area (Å²) in [6, 6.07) is 20.1. The minimum Gasteiger partial charge on any atom is -0.465 e. The van der Waals surface area contributed by atoms with Gasteiger partial charge in [-0.1, -0.05) is 54.1 Å². The van der Waals surface area contributed by atoms with Gasteiger partial charge < -0.3 is 15.8 Å². The summed E-state index contributed by atoms with van der Waals surface area (Å²) in [5, 5.41) is 4.18. The molecule has 184 valence electrons. The Bertz CT molecular complexity index is 1700. The number of anilines is 2. The molecule has 3 N–H and O–H groups in total. The number of benzene rings is 2. The number of carbonyl (C=O) groups is 2. The van der Waals surface area contributed by atoms with Crippen molar-refractivity contribution in [1.29, 1.82) is 0 Å². The third-order valence-electron chi connectivity index (χ3n) is 6.68. The molecule has 8 heteroatoms. The first-order valence-electron chi connectivity index (χ1n) is 11.8. The van der Waals surface area contributed by atoms with Gasteiger partial charge in [0.05, 0.1) is 24.1 Å². The molecule has 3 heterocycles. The highest BCUT2D eigenvalue weighted by molar-refractivity contribution is 7.22. The van der Waals surface area contributed by atoms with E-state index < -0.39 is 5.97 Å². The molecule has 37 heavy (non-hydrogen) atoms. The SMILES string of the molecule is COC(=O)c1c(NC(=O)c2sc3nc(-c4ccc(C)cc4)ccc3c2N)sc2c1CCc1ccccc1-2. The maximum absolute atomic E-state index is 13.5. The van der Waals surface area contributed by atoms with Crippen LogP contribution in [0.2, 0.25) is 0 Å². The minimum absolute atomic E-state index is 0.366. The number of aromatic nitrogens is 1.